The molecule has 1 heterocycles. The molecule has 1 fully saturated rings. The number of rotatable bonds is 3. The molecule has 0 amide bonds. The van der Waals surface area contributed by atoms with Gasteiger partial charge in [0.15, 0.2) is 0 Å². The Balaban J connectivity index is -0.000000207. The predicted octanol–water partition coefficient (Wildman–Crippen LogP) is -0.588. The van der Waals surface area contributed by atoms with Gasteiger partial charge in [-0.2, -0.15) is 0 Å². The lowest BCUT2D eigenvalue weighted by Gasteiger charge is -2.13. The summed E-state index contributed by atoms with van der Waals surface area (Å²) < 4.78 is 0. The highest BCUT2D eigenvalue weighted by Gasteiger charge is 1.89. The molecule has 0 unspecified atom stereocenters. The van der Waals surface area contributed by atoms with Crippen molar-refractivity contribution in [3.8, 4) is 0 Å². The van der Waals surface area contributed by atoms with Gasteiger partial charge in [0.1, 0.15) is 0 Å². The van der Waals surface area contributed by atoms with E-state index >= 15 is 0 Å². The van der Waals surface area contributed by atoms with Gasteiger partial charge in [-0.15, -0.1) is 0 Å². The van der Waals surface area contributed by atoms with Gasteiger partial charge in [0.25, 0.3) is 0 Å². The Morgan fingerprint density at radius 2 is 0.810 bits per heavy atom. The van der Waals surface area contributed by atoms with Crippen LogP contribution in [-0.4, -0.2) is 53.2 Å². The second-order valence-electron chi connectivity index (χ2n) is 2.91. The summed E-state index contributed by atoms with van der Waals surface area (Å²) in [5, 5.41) is 32.0. The summed E-state index contributed by atoms with van der Waals surface area (Å²) in [6, 6.07) is 0. The monoisotopic (exact) mass is 303 g/mol. The Morgan fingerprint density at radius 3 is 0.857 bits per heavy atom. The van der Waals surface area contributed by atoms with E-state index in [2.05, 4.69) is 35.7 Å². The second-order valence-corrected chi connectivity index (χ2v) is 2.91. The standard InChI is InChI=1S/C3H9N3.3C3H4O2/c1-4-2-6-3-5-1;3*1-2-3(4)5/h4-6H,1-3H2;3*2H,1H2,(H,4,5). The molecule has 6 N–H and O–H groups in total. The predicted molar refractivity (Wildman–Crippen MR) is 77.5 cm³/mol. The minimum Gasteiger partial charge on any atom is -0.478 e. The lowest BCUT2D eigenvalue weighted by molar-refractivity contribution is -0.132. The molecule has 0 saturated carbocycles. The molecule has 1 rings (SSSR count). The van der Waals surface area contributed by atoms with E-state index in [1.165, 1.54) is 0 Å². The summed E-state index contributed by atoms with van der Waals surface area (Å²) in [4.78, 5) is 27.8. The molecule has 1 aliphatic heterocycles. The van der Waals surface area contributed by atoms with Crippen molar-refractivity contribution in [3.05, 3.63) is 38.0 Å². The molecule has 9 heteroatoms. The van der Waals surface area contributed by atoms with Crippen LogP contribution in [0, 0.1) is 0 Å². The summed E-state index contributed by atoms with van der Waals surface area (Å²) >= 11 is 0. The van der Waals surface area contributed by atoms with Gasteiger partial charge in [-0.1, -0.05) is 19.7 Å². The Morgan fingerprint density at radius 1 is 0.667 bits per heavy atom. The normalized spacial score (nSPS) is 11.4. The van der Waals surface area contributed by atoms with Gasteiger partial charge in [-0.05, 0) is 0 Å². The summed E-state index contributed by atoms with van der Waals surface area (Å²) in [7, 11) is 0. The van der Waals surface area contributed by atoms with E-state index in [1.54, 1.807) is 0 Å². The zero-order chi connectivity index (χ0) is 17.1. The molecule has 120 valence electrons. The third kappa shape index (κ3) is 46.6. The maximum Gasteiger partial charge on any atom is 0.327 e. The molecule has 1 saturated heterocycles. The fourth-order valence-electron chi connectivity index (χ4n) is 0.453. The zero-order valence-electron chi connectivity index (χ0n) is 11.5. The molecular weight excluding hydrogens is 282 g/mol. The van der Waals surface area contributed by atoms with Crippen LogP contribution in [0.5, 0.6) is 0 Å². The van der Waals surface area contributed by atoms with Crippen LogP contribution in [0.3, 0.4) is 0 Å². The molecule has 1 aliphatic rings. The zero-order valence-corrected chi connectivity index (χ0v) is 11.5. The van der Waals surface area contributed by atoms with Crippen molar-refractivity contribution < 1.29 is 29.7 Å². The molecule has 0 bridgehead atoms. The van der Waals surface area contributed by atoms with Gasteiger partial charge in [0.2, 0.25) is 0 Å². The van der Waals surface area contributed by atoms with E-state index in [0.717, 1.165) is 38.2 Å². The van der Waals surface area contributed by atoms with Crippen molar-refractivity contribution in [1.82, 2.24) is 16.0 Å². The first-order chi connectivity index (χ1) is 9.81. The topological polar surface area (TPSA) is 148 Å². The molecule has 0 aromatic rings. The maximum atomic E-state index is 9.25. The average Bonchev–Trinajstić information content (AvgIpc) is 2.50. The Bertz CT molecular complexity index is 286. The van der Waals surface area contributed by atoms with Crippen molar-refractivity contribution in [2.75, 3.05) is 20.0 Å². The van der Waals surface area contributed by atoms with Crippen molar-refractivity contribution in [3.63, 3.8) is 0 Å². The second kappa shape index (κ2) is 19.8. The van der Waals surface area contributed by atoms with Crippen LogP contribution < -0.4 is 16.0 Å². The summed E-state index contributed by atoms with van der Waals surface area (Å²) in [6.45, 7) is 11.7. The SMILES string of the molecule is C1NCNCN1.C=CC(=O)O.C=CC(=O)O.C=CC(=O)O. The highest BCUT2D eigenvalue weighted by atomic mass is 16.4. The minimum atomic E-state index is -0.981. The Labute approximate surface area is 122 Å². The van der Waals surface area contributed by atoms with Crippen LogP contribution in [0.2, 0.25) is 0 Å². The largest absolute Gasteiger partial charge is 0.478 e. The Hall–Kier alpha value is -2.49. The quantitative estimate of drug-likeness (QED) is 0.376. The van der Waals surface area contributed by atoms with Crippen LogP contribution in [0.15, 0.2) is 38.0 Å². The molecule has 21 heavy (non-hydrogen) atoms. The molecule has 0 aromatic heterocycles. The molecule has 0 aliphatic carbocycles. The summed E-state index contributed by atoms with van der Waals surface area (Å²) in [6.07, 6.45) is 2.50. The first-order valence-corrected chi connectivity index (χ1v) is 5.50. The molecular formula is C12H21N3O6. The van der Waals surface area contributed by atoms with Crippen molar-refractivity contribution in [1.29, 1.82) is 0 Å². The highest BCUT2D eigenvalue weighted by Crippen LogP contribution is 1.57. The van der Waals surface area contributed by atoms with Crippen LogP contribution >= 0.6 is 0 Å². The fraction of sp³-hybridized carbons (Fsp3) is 0.250. The summed E-state index contributed by atoms with van der Waals surface area (Å²) in [5.74, 6) is -2.94. The molecule has 0 radical (unpaired) electrons. The number of carbonyl (C=O) groups is 3. The Kier molecular flexibility index (Phi) is 22.3. The molecule has 0 atom stereocenters. The van der Waals surface area contributed by atoms with E-state index < -0.39 is 17.9 Å². The lowest BCUT2D eigenvalue weighted by Crippen LogP contribution is -2.47. The van der Waals surface area contributed by atoms with Gasteiger partial charge in [0, 0.05) is 38.2 Å². The third-order valence-electron chi connectivity index (χ3n) is 1.27. The van der Waals surface area contributed by atoms with Gasteiger partial charge in [-0.25, -0.2) is 14.4 Å². The van der Waals surface area contributed by atoms with E-state index in [4.69, 9.17) is 15.3 Å². The first kappa shape index (κ1) is 23.6. The van der Waals surface area contributed by atoms with Crippen molar-refractivity contribution in [2.45, 2.75) is 0 Å². The van der Waals surface area contributed by atoms with E-state index in [0.29, 0.717) is 0 Å². The first-order valence-electron chi connectivity index (χ1n) is 5.50. The van der Waals surface area contributed by atoms with Crippen molar-refractivity contribution in [2.24, 2.45) is 0 Å². The number of carboxylic acids is 3. The molecule has 0 spiro atoms. The number of nitrogens with one attached hydrogen (secondary N) is 3. The van der Waals surface area contributed by atoms with Gasteiger partial charge >= 0.3 is 17.9 Å². The van der Waals surface area contributed by atoms with Crippen LogP contribution in [0.4, 0.5) is 0 Å². The van der Waals surface area contributed by atoms with E-state index in [9.17, 15) is 14.4 Å². The van der Waals surface area contributed by atoms with Crippen LogP contribution in [0.25, 0.3) is 0 Å². The third-order valence-corrected chi connectivity index (χ3v) is 1.27. The minimum absolute atomic E-state index is 0.833. The summed E-state index contributed by atoms with van der Waals surface area (Å²) in [5.41, 5.74) is 0. The maximum absolute atomic E-state index is 9.25. The lowest BCUT2D eigenvalue weighted by atomic mass is 10.7. The van der Waals surface area contributed by atoms with Gasteiger partial charge in [-0.3, -0.25) is 16.0 Å². The van der Waals surface area contributed by atoms with E-state index in [1.807, 2.05) is 0 Å². The van der Waals surface area contributed by atoms with Crippen LogP contribution in [0.1, 0.15) is 0 Å². The van der Waals surface area contributed by atoms with E-state index in [-0.39, 0.29) is 0 Å². The van der Waals surface area contributed by atoms with Gasteiger partial charge in [0.05, 0.1) is 0 Å². The number of carboxylic acid groups (broad SMARTS) is 3. The fourth-order valence-corrected chi connectivity index (χ4v) is 0.453. The number of hydrogen-bond donors (Lipinski definition) is 6. The van der Waals surface area contributed by atoms with Gasteiger partial charge < -0.3 is 15.3 Å². The van der Waals surface area contributed by atoms with Crippen molar-refractivity contribution >= 4 is 17.9 Å². The number of aliphatic carboxylic acids is 3. The highest BCUT2D eigenvalue weighted by molar-refractivity contribution is 5.79. The molecule has 9 nitrogen and oxygen atoms in total. The van der Waals surface area contributed by atoms with Crippen LogP contribution in [-0.2, 0) is 14.4 Å². The number of hydrogen-bond acceptors (Lipinski definition) is 6. The average molecular weight is 303 g/mol. The smallest absolute Gasteiger partial charge is 0.327 e. The molecule has 0 aromatic carbocycles.